The number of hydrogen-bond donors (Lipinski definition) is 1. The van der Waals surface area contributed by atoms with Gasteiger partial charge in [0, 0.05) is 12.8 Å². The molecule has 1 N–H and O–H groups in total. The minimum atomic E-state index is -1.56. The van der Waals surface area contributed by atoms with Crippen molar-refractivity contribution < 1.29 is 43.2 Å². The number of ketones is 1. The van der Waals surface area contributed by atoms with Gasteiger partial charge in [-0.15, -0.1) is 0 Å². The molecule has 210 valence electrons. The number of carboxylic acids is 1. The molecule has 0 amide bonds. The molecular weight excluding hydrogens is 468 g/mol. The van der Waals surface area contributed by atoms with Crippen LogP contribution in [0.15, 0.2) is 0 Å². The number of carboxylic acid groups (broad SMARTS) is 1. The highest BCUT2D eigenvalue weighted by Gasteiger charge is 2.14. The van der Waals surface area contributed by atoms with Crippen LogP contribution >= 0.6 is 0 Å². The zero-order chi connectivity index (χ0) is 26.7. The number of carbonyl (C=O) groups is 4. The van der Waals surface area contributed by atoms with Crippen molar-refractivity contribution in [2.45, 2.75) is 110 Å². The standard InChI is InChI=1S/C27H48O9/c1-2-3-4-5-6-7-8-9-10-11-12-13-14-15-25(29)35-22-20-33-18-19-34-21-23-36-26(30)17-16-24(28)27(31)32/h2-23H2,1H3,(H,31,32). The topological polar surface area (TPSA) is 125 Å². The summed E-state index contributed by atoms with van der Waals surface area (Å²) in [5, 5.41) is 8.42. The van der Waals surface area contributed by atoms with E-state index in [0.717, 1.165) is 12.8 Å². The monoisotopic (exact) mass is 516 g/mol. The van der Waals surface area contributed by atoms with Crippen LogP contribution in [-0.2, 0) is 38.1 Å². The summed E-state index contributed by atoms with van der Waals surface area (Å²) in [4.78, 5) is 44.3. The Balaban J connectivity index is 3.28. The predicted octanol–water partition coefficient (Wildman–Crippen LogP) is 5.02. The van der Waals surface area contributed by atoms with Crippen molar-refractivity contribution in [2.75, 3.05) is 39.6 Å². The van der Waals surface area contributed by atoms with Crippen molar-refractivity contribution in [2.24, 2.45) is 0 Å². The minimum Gasteiger partial charge on any atom is -0.476 e. The molecular formula is C27H48O9. The van der Waals surface area contributed by atoms with Gasteiger partial charge < -0.3 is 24.1 Å². The summed E-state index contributed by atoms with van der Waals surface area (Å²) in [6.45, 7) is 3.54. The lowest BCUT2D eigenvalue weighted by molar-refractivity contribution is -0.151. The quantitative estimate of drug-likeness (QED) is 0.0909. The van der Waals surface area contributed by atoms with E-state index in [0.29, 0.717) is 26.2 Å². The molecule has 0 unspecified atom stereocenters. The molecule has 0 saturated heterocycles. The van der Waals surface area contributed by atoms with E-state index in [9.17, 15) is 19.2 Å². The van der Waals surface area contributed by atoms with E-state index < -0.39 is 17.7 Å². The molecule has 0 atom stereocenters. The summed E-state index contributed by atoms with van der Waals surface area (Å²) in [6.07, 6.45) is 16.3. The summed E-state index contributed by atoms with van der Waals surface area (Å²) in [6, 6.07) is 0. The van der Waals surface area contributed by atoms with E-state index in [1.165, 1.54) is 70.6 Å². The molecule has 9 nitrogen and oxygen atoms in total. The van der Waals surface area contributed by atoms with Crippen molar-refractivity contribution in [3.8, 4) is 0 Å². The SMILES string of the molecule is CCCCCCCCCCCCCCCC(=O)OCCOCCOCCOC(=O)CCC(=O)C(=O)O. The minimum absolute atomic E-state index is 0.0108. The molecule has 0 fully saturated rings. The number of unbranched alkanes of at least 4 members (excludes halogenated alkanes) is 12. The lowest BCUT2D eigenvalue weighted by Gasteiger charge is -2.08. The maximum Gasteiger partial charge on any atom is 0.372 e. The Morgan fingerprint density at radius 3 is 1.33 bits per heavy atom. The molecule has 0 bridgehead atoms. The van der Waals surface area contributed by atoms with Gasteiger partial charge in [0.25, 0.3) is 0 Å². The second-order valence-electron chi connectivity index (χ2n) is 8.89. The van der Waals surface area contributed by atoms with Crippen LogP contribution in [0, 0.1) is 0 Å². The summed E-state index contributed by atoms with van der Waals surface area (Å²) in [5.41, 5.74) is 0. The Hall–Kier alpha value is -2.00. The first kappa shape index (κ1) is 34.0. The van der Waals surface area contributed by atoms with Gasteiger partial charge in [-0.3, -0.25) is 14.4 Å². The van der Waals surface area contributed by atoms with Gasteiger partial charge in [-0.05, 0) is 6.42 Å². The van der Waals surface area contributed by atoms with Crippen molar-refractivity contribution >= 4 is 23.7 Å². The van der Waals surface area contributed by atoms with E-state index in [1.807, 2.05) is 0 Å². The lowest BCUT2D eigenvalue weighted by Crippen LogP contribution is -2.17. The molecule has 0 aliphatic heterocycles. The van der Waals surface area contributed by atoms with Gasteiger partial charge in [0.05, 0.1) is 32.8 Å². The van der Waals surface area contributed by atoms with Gasteiger partial charge in [-0.1, -0.05) is 84.0 Å². The maximum atomic E-state index is 11.7. The predicted molar refractivity (Wildman–Crippen MR) is 136 cm³/mol. The van der Waals surface area contributed by atoms with E-state index >= 15 is 0 Å². The van der Waals surface area contributed by atoms with Gasteiger partial charge in [0.1, 0.15) is 13.2 Å². The molecule has 36 heavy (non-hydrogen) atoms. The van der Waals surface area contributed by atoms with Crippen LogP contribution < -0.4 is 0 Å². The molecule has 0 aromatic heterocycles. The summed E-state index contributed by atoms with van der Waals surface area (Å²) < 4.78 is 20.5. The first-order valence-corrected chi connectivity index (χ1v) is 13.7. The number of ether oxygens (including phenoxy) is 4. The first-order valence-electron chi connectivity index (χ1n) is 13.7. The smallest absolute Gasteiger partial charge is 0.372 e. The van der Waals surface area contributed by atoms with Crippen molar-refractivity contribution in [3.05, 3.63) is 0 Å². The molecule has 0 radical (unpaired) electrons. The van der Waals surface area contributed by atoms with Gasteiger partial charge in [-0.2, -0.15) is 0 Å². The Kier molecular flexibility index (Phi) is 24.6. The fourth-order valence-corrected chi connectivity index (χ4v) is 3.50. The average Bonchev–Trinajstić information content (AvgIpc) is 2.86. The highest BCUT2D eigenvalue weighted by molar-refractivity contribution is 6.32. The third-order valence-corrected chi connectivity index (χ3v) is 5.63. The van der Waals surface area contributed by atoms with Crippen LogP contribution in [0.1, 0.15) is 110 Å². The molecule has 0 aromatic rings. The van der Waals surface area contributed by atoms with Crippen molar-refractivity contribution in [3.63, 3.8) is 0 Å². The number of carbonyl (C=O) groups excluding carboxylic acids is 3. The third-order valence-electron chi connectivity index (χ3n) is 5.63. The maximum absolute atomic E-state index is 11.7. The summed E-state index contributed by atoms with van der Waals surface area (Å²) in [5.74, 6) is -3.42. The number of hydrogen-bond acceptors (Lipinski definition) is 8. The summed E-state index contributed by atoms with van der Waals surface area (Å²) >= 11 is 0. The third kappa shape index (κ3) is 25.1. The van der Waals surface area contributed by atoms with Gasteiger partial charge in [0.15, 0.2) is 0 Å². The van der Waals surface area contributed by atoms with E-state index in [4.69, 9.17) is 24.1 Å². The highest BCUT2D eigenvalue weighted by atomic mass is 16.6. The highest BCUT2D eigenvalue weighted by Crippen LogP contribution is 2.13. The molecule has 0 aliphatic carbocycles. The van der Waals surface area contributed by atoms with Crippen molar-refractivity contribution in [1.82, 2.24) is 0 Å². The number of esters is 2. The van der Waals surface area contributed by atoms with E-state index in [-0.39, 0.29) is 38.6 Å². The molecule has 0 rings (SSSR count). The van der Waals surface area contributed by atoms with Gasteiger partial charge in [-0.25, -0.2) is 4.79 Å². The van der Waals surface area contributed by atoms with Crippen LogP contribution in [-0.4, -0.2) is 68.4 Å². The van der Waals surface area contributed by atoms with E-state index in [2.05, 4.69) is 6.92 Å². The fourth-order valence-electron chi connectivity index (χ4n) is 3.50. The lowest BCUT2D eigenvalue weighted by atomic mass is 10.0. The Bertz CT molecular complexity index is 578. The second-order valence-corrected chi connectivity index (χ2v) is 8.89. The van der Waals surface area contributed by atoms with E-state index in [1.54, 1.807) is 0 Å². The fraction of sp³-hybridized carbons (Fsp3) is 0.852. The Labute approximate surface area is 216 Å². The second kappa shape index (κ2) is 26.1. The number of Topliss-reactive ketones (excluding diaryl/α,β-unsaturated/α-hetero) is 1. The molecule has 9 heteroatoms. The van der Waals surface area contributed by atoms with Gasteiger partial charge >= 0.3 is 17.9 Å². The van der Waals surface area contributed by atoms with Crippen LogP contribution in [0.3, 0.4) is 0 Å². The van der Waals surface area contributed by atoms with Crippen LogP contribution in [0.4, 0.5) is 0 Å². The van der Waals surface area contributed by atoms with Crippen LogP contribution in [0.2, 0.25) is 0 Å². The molecule has 0 saturated carbocycles. The number of aliphatic carboxylic acids is 1. The normalized spacial score (nSPS) is 10.8. The molecule has 0 aliphatic rings. The summed E-state index contributed by atoms with van der Waals surface area (Å²) in [7, 11) is 0. The largest absolute Gasteiger partial charge is 0.476 e. The molecule has 0 aromatic carbocycles. The van der Waals surface area contributed by atoms with Gasteiger partial charge in [0.2, 0.25) is 5.78 Å². The Morgan fingerprint density at radius 2 is 0.889 bits per heavy atom. The Morgan fingerprint density at radius 1 is 0.500 bits per heavy atom. The number of rotatable bonds is 27. The zero-order valence-corrected chi connectivity index (χ0v) is 22.3. The average molecular weight is 517 g/mol. The molecule has 0 heterocycles. The first-order chi connectivity index (χ1) is 17.5. The molecule has 0 spiro atoms. The van der Waals surface area contributed by atoms with Crippen LogP contribution in [0.5, 0.6) is 0 Å². The zero-order valence-electron chi connectivity index (χ0n) is 22.3. The van der Waals surface area contributed by atoms with Crippen LogP contribution in [0.25, 0.3) is 0 Å². The van der Waals surface area contributed by atoms with Crippen molar-refractivity contribution in [1.29, 1.82) is 0 Å².